The van der Waals surface area contributed by atoms with Gasteiger partial charge in [-0.2, -0.15) is 0 Å². The van der Waals surface area contributed by atoms with Crippen molar-refractivity contribution in [3.05, 3.63) is 70.8 Å². The number of aliphatic hydroxyl groups is 1. The van der Waals surface area contributed by atoms with Crippen LogP contribution in [-0.2, 0) is 28.3 Å². The highest BCUT2D eigenvalue weighted by atomic mass is 79.9. The zero-order chi connectivity index (χ0) is 17.1. The van der Waals surface area contributed by atoms with Crippen molar-refractivity contribution >= 4 is 37.8 Å². The Morgan fingerprint density at radius 3 is 1.83 bits per heavy atom. The lowest BCUT2D eigenvalue weighted by atomic mass is 10.1. The minimum Gasteiger partial charge on any atom is -0.481 e. The maximum Gasteiger partial charge on any atom is 0.307 e. The molecule has 0 aliphatic rings. The van der Waals surface area contributed by atoms with E-state index in [9.17, 15) is 4.79 Å². The van der Waals surface area contributed by atoms with Crippen LogP contribution in [0.2, 0.25) is 0 Å². The van der Waals surface area contributed by atoms with E-state index < -0.39 is 5.97 Å². The first-order valence-corrected chi connectivity index (χ1v) is 9.43. The number of halogens is 2. The average Bonchev–Trinajstić information content (AvgIpc) is 2.55. The Kier molecular flexibility index (Phi) is 9.83. The summed E-state index contributed by atoms with van der Waals surface area (Å²) in [6, 6.07) is 15.8. The molecule has 23 heavy (non-hydrogen) atoms. The number of hydrogen-bond donors (Lipinski definition) is 2. The van der Waals surface area contributed by atoms with Crippen molar-refractivity contribution in [1.82, 2.24) is 0 Å². The van der Waals surface area contributed by atoms with Crippen molar-refractivity contribution in [2.75, 3.05) is 6.61 Å². The van der Waals surface area contributed by atoms with Gasteiger partial charge in [-0.3, -0.25) is 4.79 Å². The fourth-order valence-corrected chi connectivity index (χ4v) is 2.69. The standard InChI is InChI=1S/C9H9BrO2.C9H11BrO/c10-6-8-3-1-2-7(4-8)5-9(11)12;10-7-9-3-1-2-8(6-9)4-5-11/h1-4H,5-6H2,(H,11,12);1-3,6,11H,4-5,7H2. The quantitative estimate of drug-likeness (QED) is 0.653. The SMILES string of the molecule is O=C(O)Cc1cccc(CBr)c1.OCCc1cccc(CBr)c1. The van der Waals surface area contributed by atoms with Crippen molar-refractivity contribution in [1.29, 1.82) is 0 Å². The van der Waals surface area contributed by atoms with Crippen LogP contribution in [-0.4, -0.2) is 22.8 Å². The van der Waals surface area contributed by atoms with E-state index >= 15 is 0 Å². The third kappa shape index (κ3) is 8.30. The number of benzene rings is 2. The fourth-order valence-electron chi connectivity index (χ4n) is 1.99. The van der Waals surface area contributed by atoms with Crippen LogP contribution in [0.25, 0.3) is 0 Å². The molecule has 0 aromatic heterocycles. The smallest absolute Gasteiger partial charge is 0.307 e. The highest BCUT2D eigenvalue weighted by Crippen LogP contribution is 2.09. The molecule has 0 saturated heterocycles. The first-order valence-electron chi connectivity index (χ1n) is 7.19. The van der Waals surface area contributed by atoms with Gasteiger partial charge in [0.15, 0.2) is 0 Å². The first-order chi connectivity index (χ1) is 11.1. The molecule has 0 spiro atoms. The lowest BCUT2D eigenvalue weighted by molar-refractivity contribution is -0.136. The second-order valence-corrected chi connectivity index (χ2v) is 6.07. The largest absolute Gasteiger partial charge is 0.481 e. The predicted molar refractivity (Wildman–Crippen MR) is 100 cm³/mol. The summed E-state index contributed by atoms with van der Waals surface area (Å²) >= 11 is 6.69. The number of hydrogen-bond acceptors (Lipinski definition) is 2. The Labute approximate surface area is 153 Å². The third-order valence-electron chi connectivity index (χ3n) is 3.05. The lowest BCUT2D eigenvalue weighted by Crippen LogP contribution is -1.99. The van der Waals surface area contributed by atoms with Crippen LogP contribution < -0.4 is 0 Å². The van der Waals surface area contributed by atoms with E-state index in [1.807, 2.05) is 36.4 Å². The molecule has 2 aromatic carbocycles. The molecular weight excluding hydrogens is 424 g/mol. The minimum atomic E-state index is -0.790. The number of carboxylic acids is 1. The Morgan fingerprint density at radius 2 is 1.35 bits per heavy atom. The number of carboxylic acid groups (broad SMARTS) is 1. The molecule has 2 N–H and O–H groups in total. The molecule has 3 nitrogen and oxygen atoms in total. The molecule has 124 valence electrons. The summed E-state index contributed by atoms with van der Waals surface area (Å²) in [5.41, 5.74) is 4.41. The summed E-state index contributed by atoms with van der Waals surface area (Å²) in [5.74, 6) is -0.790. The number of aliphatic carboxylic acids is 1. The van der Waals surface area contributed by atoms with Gasteiger partial charge >= 0.3 is 5.97 Å². The van der Waals surface area contributed by atoms with Crippen LogP contribution >= 0.6 is 31.9 Å². The fraction of sp³-hybridized carbons (Fsp3) is 0.278. The number of aliphatic hydroxyl groups excluding tert-OH is 1. The van der Waals surface area contributed by atoms with Crippen LogP contribution in [0.5, 0.6) is 0 Å². The van der Waals surface area contributed by atoms with Gasteiger partial charge in [0, 0.05) is 17.3 Å². The summed E-state index contributed by atoms with van der Waals surface area (Å²) in [4.78, 5) is 10.4. The van der Waals surface area contributed by atoms with Gasteiger partial charge in [-0.05, 0) is 28.7 Å². The molecule has 0 aliphatic heterocycles. The average molecular weight is 444 g/mol. The van der Waals surface area contributed by atoms with Gasteiger partial charge in [0.1, 0.15) is 0 Å². The van der Waals surface area contributed by atoms with Crippen molar-refractivity contribution in [2.24, 2.45) is 0 Å². The number of alkyl halides is 2. The normalized spacial score (nSPS) is 9.87. The molecule has 0 saturated carbocycles. The predicted octanol–water partition coefficient (Wildman–Crippen LogP) is 4.32. The summed E-state index contributed by atoms with van der Waals surface area (Å²) in [6.45, 7) is 0.228. The van der Waals surface area contributed by atoms with Crippen molar-refractivity contribution < 1.29 is 15.0 Å². The van der Waals surface area contributed by atoms with Crippen LogP contribution in [0.3, 0.4) is 0 Å². The Bertz CT molecular complexity index is 615. The van der Waals surface area contributed by atoms with E-state index in [1.165, 1.54) is 11.1 Å². The molecule has 0 atom stereocenters. The first kappa shape index (κ1) is 19.9. The topological polar surface area (TPSA) is 57.5 Å². The highest BCUT2D eigenvalue weighted by molar-refractivity contribution is 9.08. The number of carbonyl (C=O) groups is 1. The third-order valence-corrected chi connectivity index (χ3v) is 4.34. The second kappa shape index (κ2) is 11.4. The van der Waals surface area contributed by atoms with Crippen LogP contribution in [0.4, 0.5) is 0 Å². The summed E-state index contributed by atoms with van der Waals surface area (Å²) in [7, 11) is 0. The lowest BCUT2D eigenvalue weighted by Gasteiger charge is -1.99. The molecule has 0 unspecified atom stereocenters. The maximum absolute atomic E-state index is 10.4. The molecule has 0 amide bonds. The molecule has 0 aliphatic carbocycles. The maximum atomic E-state index is 10.4. The van der Waals surface area contributed by atoms with E-state index in [1.54, 1.807) is 0 Å². The van der Waals surface area contributed by atoms with Crippen LogP contribution in [0, 0.1) is 0 Å². The molecule has 0 heterocycles. The van der Waals surface area contributed by atoms with Gasteiger partial charge in [-0.25, -0.2) is 0 Å². The molecular formula is C18H20Br2O3. The number of rotatable bonds is 6. The Hall–Kier alpha value is -1.17. The van der Waals surface area contributed by atoms with Gasteiger partial charge in [0.2, 0.25) is 0 Å². The molecule has 0 radical (unpaired) electrons. The van der Waals surface area contributed by atoms with Gasteiger partial charge < -0.3 is 10.2 Å². The minimum absolute atomic E-state index is 0.0981. The molecule has 2 aromatic rings. The van der Waals surface area contributed by atoms with E-state index in [4.69, 9.17) is 10.2 Å². The molecule has 0 bridgehead atoms. The Balaban J connectivity index is 0.000000231. The van der Waals surface area contributed by atoms with E-state index in [0.717, 1.165) is 28.2 Å². The van der Waals surface area contributed by atoms with E-state index in [-0.39, 0.29) is 13.0 Å². The van der Waals surface area contributed by atoms with Gasteiger partial charge in [-0.1, -0.05) is 80.4 Å². The van der Waals surface area contributed by atoms with Crippen LogP contribution in [0.1, 0.15) is 22.3 Å². The van der Waals surface area contributed by atoms with Gasteiger partial charge in [0.05, 0.1) is 6.42 Å². The zero-order valence-electron chi connectivity index (χ0n) is 12.7. The van der Waals surface area contributed by atoms with Crippen LogP contribution in [0.15, 0.2) is 48.5 Å². The van der Waals surface area contributed by atoms with E-state index in [2.05, 4.69) is 44.0 Å². The molecule has 2 rings (SSSR count). The monoisotopic (exact) mass is 442 g/mol. The van der Waals surface area contributed by atoms with E-state index in [0.29, 0.717) is 0 Å². The van der Waals surface area contributed by atoms with Crippen molar-refractivity contribution in [2.45, 2.75) is 23.5 Å². The van der Waals surface area contributed by atoms with Crippen molar-refractivity contribution in [3.8, 4) is 0 Å². The molecule has 0 fully saturated rings. The highest BCUT2D eigenvalue weighted by Gasteiger charge is 2.00. The van der Waals surface area contributed by atoms with Gasteiger partial charge in [0.25, 0.3) is 0 Å². The summed E-state index contributed by atoms with van der Waals surface area (Å²) in [5, 5.41) is 18.8. The van der Waals surface area contributed by atoms with Crippen molar-refractivity contribution in [3.63, 3.8) is 0 Å². The zero-order valence-corrected chi connectivity index (χ0v) is 15.9. The van der Waals surface area contributed by atoms with Gasteiger partial charge in [-0.15, -0.1) is 0 Å². The molecule has 5 heteroatoms. The Morgan fingerprint density at radius 1 is 0.870 bits per heavy atom. The summed E-state index contributed by atoms with van der Waals surface area (Å²) < 4.78 is 0. The second-order valence-electron chi connectivity index (χ2n) is 4.95. The summed E-state index contributed by atoms with van der Waals surface area (Å²) in [6.07, 6.45) is 0.849.